The number of benzene rings is 1. The zero-order chi connectivity index (χ0) is 18.5. The molecule has 0 saturated carbocycles. The van der Waals surface area contributed by atoms with Crippen LogP contribution in [0.2, 0.25) is 0 Å². The Hall–Kier alpha value is -1.33. The third kappa shape index (κ3) is 7.05. The molecule has 0 aliphatic rings. The van der Waals surface area contributed by atoms with E-state index in [1.807, 2.05) is 66.7 Å². The predicted molar refractivity (Wildman–Crippen MR) is 101 cm³/mol. The fourth-order valence-corrected chi connectivity index (χ4v) is 2.55. The zero-order valence-electron chi connectivity index (χ0n) is 15.8. The topological polar surface area (TPSA) is 61.7 Å². The van der Waals surface area contributed by atoms with Gasteiger partial charge < -0.3 is 9.29 Å². The van der Waals surface area contributed by atoms with Crippen LogP contribution in [0, 0.1) is 6.92 Å². The second-order valence-electron chi connectivity index (χ2n) is 7.83. The Morgan fingerprint density at radius 3 is 2.42 bits per heavy atom. The monoisotopic (exact) mass is 351 g/mol. The lowest BCUT2D eigenvalue weighted by atomic mass is 9.99. The zero-order valence-corrected chi connectivity index (χ0v) is 16.6. The molecule has 0 aromatic heterocycles. The summed E-state index contributed by atoms with van der Waals surface area (Å²) in [6, 6.07) is 5.91. The van der Waals surface area contributed by atoms with Crippen molar-refractivity contribution >= 4 is 23.5 Å². The van der Waals surface area contributed by atoms with Crippen molar-refractivity contribution < 1.29 is 14.1 Å². The van der Waals surface area contributed by atoms with E-state index in [0.717, 1.165) is 16.7 Å². The van der Waals surface area contributed by atoms with E-state index in [4.69, 9.17) is 4.74 Å². The van der Waals surface area contributed by atoms with Crippen molar-refractivity contribution in [2.24, 2.45) is 4.40 Å². The molecule has 0 bridgehead atoms. The average molecular weight is 352 g/mol. The molecule has 0 N–H and O–H groups in total. The van der Waals surface area contributed by atoms with Gasteiger partial charge in [-0.2, -0.15) is 0 Å². The fraction of sp³-hybridized carbons (Fsp3) is 0.579. The van der Waals surface area contributed by atoms with E-state index in [0.29, 0.717) is 12.8 Å². The molecule has 0 radical (unpaired) electrons. The minimum atomic E-state index is -1.30. The molecule has 5 heteroatoms. The fourth-order valence-electron chi connectivity index (χ4n) is 2.03. The van der Waals surface area contributed by atoms with Crippen LogP contribution in [0.25, 0.3) is 0 Å². The van der Waals surface area contributed by atoms with E-state index in [1.165, 1.54) is 0 Å². The number of carbonyl (C=O) groups excluding carboxylic acids is 1. The molecule has 0 aliphatic heterocycles. The molecule has 0 heterocycles. The Labute approximate surface area is 149 Å². The van der Waals surface area contributed by atoms with Crippen LogP contribution in [0.4, 0.5) is 0 Å². The highest BCUT2D eigenvalue weighted by atomic mass is 32.2. The highest BCUT2D eigenvalue weighted by Gasteiger charge is 2.26. The summed E-state index contributed by atoms with van der Waals surface area (Å²) in [5.41, 5.74) is 2.51. The molecule has 0 amide bonds. The lowest BCUT2D eigenvalue weighted by Gasteiger charge is -2.20. The first-order valence-electron chi connectivity index (χ1n) is 8.16. The van der Waals surface area contributed by atoms with E-state index in [9.17, 15) is 9.35 Å². The Balaban J connectivity index is 2.88. The summed E-state index contributed by atoms with van der Waals surface area (Å²) in [7, 11) is 0. The van der Waals surface area contributed by atoms with Gasteiger partial charge in [-0.3, -0.25) is 4.79 Å². The van der Waals surface area contributed by atoms with Crippen LogP contribution in [0.1, 0.15) is 64.7 Å². The number of rotatable bonds is 5. The van der Waals surface area contributed by atoms with E-state index in [2.05, 4.69) is 4.40 Å². The summed E-state index contributed by atoms with van der Waals surface area (Å²) in [5, 5.41) is 0. The first-order chi connectivity index (χ1) is 10.9. The minimum Gasteiger partial charge on any atom is -0.591 e. The van der Waals surface area contributed by atoms with E-state index < -0.39 is 21.7 Å². The van der Waals surface area contributed by atoms with Crippen molar-refractivity contribution in [3.05, 3.63) is 34.9 Å². The molecule has 0 saturated heterocycles. The van der Waals surface area contributed by atoms with Crippen molar-refractivity contribution in [3.63, 3.8) is 0 Å². The third-order valence-corrected chi connectivity index (χ3v) is 4.58. The first-order valence-corrected chi connectivity index (χ1v) is 9.27. The standard InChI is InChI=1S/C19H29NO3S/c1-14-9-8-10-15(11-12-17(21)23-18(2,3)4)16(14)13-20-24(22)19(5,6)7/h8-10,13H,11-12H2,1-7H3. The number of nitrogens with zero attached hydrogens (tertiary/aromatic N) is 1. The Kier molecular flexibility index (Phi) is 7.05. The molecule has 1 aromatic rings. The summed E-state index contributed by atoms with van der Waals surface area (Å²) in [6.07, 6.45) is 2.55. The van der Waals surface area contributed by atoms with Gasteiger partial charge in [-0.05, 0) is 66.0 Å². The first kappa shape index (κ1) is 20.7. The molecule has 24 heavy (non-hydrogen) atoms. The number of hydrogen-bond acceptors (Lipinski definition) is 4. The maximum Gasteiger partial charge on any atom is 0.306 e. The number of esters is 1. The largest absolute Gasteiger partial charge is 0.591 e. The van der Waals surface area contributed by atoms with Gasteiger partial charge >= 0.3 is 5.97 Å². The maximum absolute atomic E-state index is 12.1. The van der Waals surface area contributed by atoms with Crippen LogP contribution in [-0.4, -0.2) is 27.1 Å². The van der Waals surface area contributed by atoms with Gasteiger partial charge in [0.15, 0.2) is 0 Å². The van der Waals surface area contributed by atoms with Crippen molar-refractivity contribution in [2.75, 3.05) is 0 Å². The van der Waals surface area contributed by atoms with Crippen LogP contribution in [0.15, 0.2) is 22.6 Å². The number of ether oxygens (including phenoxy) is 1. The van der Waals surface area contributed by atoms with Crippen molar-refractivity contribution in [1.82, 2.24) is 0 Å². The summed E-state index contributed by atoms with van der Waals surface area (Å²) < 4.78 is 21.3. The quantitative estimate of drug-likeness (QED) is 0.455. The average Bonchev–Trinajstić information content (AvgIpc) is 2.40. The lowest BCUT2D eigenvalue weighted by Crippen LogP contribution is -2.26. The van der Waals surface area contributed by atoms with Gasteiger partial charge in [-0.25, -0.2) is 0 Å². The van der Waals surface area contributed by atoms with Gasteiger partial charge in [0, 0.05) is 12.0 Å². The van der Waals surface area contributed by atoms with Crippen LogP contribution in [0.3, 0.4) is 0 Å². The van der Waals surface area contributed by atoms with Gasteiger partial charge in [-0.15, -0.1) is 0 Å². The second kappa shape index (κ2) is 8.17. The van der Waals surface area contributed by atoms with E-state index >= 15 is 0 Å². The Bertz CT molecular complexity index is 598. The molecule has 1 atom stereocenters. The lowest BCUT2D eigenvalue weighted by molar-refractivity contribution is -0.154. The smallest absolute Gasteiger partial charge is 0.306 e. The van der Waals surface area contributed by atoms with Crippen LogP contribution >= 0.6 is 0 Å². The Morgan fingerprint density at radius 1 is 1.25 bits per heavy atom. The predicted octanol–water partition coefficient (Wildman–Crippen LogP) is 4.15. The molecular weight excluding hydrogens is 322 g/mol. The van der Waals surface area contributed by atoms with E-state index in [1.54, 1.807) is 6.21 Å². The van der Waals surface area contributed by atoms with Crippen molar-refractivity contribution in [1.29, 1.82) is 0 Å². The highest BCUT2D eigenvalue weighted by molar-refractivity contribution is 7.91. The highest BCUT2D eigenvalue weighted by Crippen LogP contribution is 2.19. The third-order valence-electron chi connectivity index (χ3n) is 3.23. The summed E-state index contributed by atoms with van der Waals surface area (Å²) in [6.45, 7) is 13.2. The number of aryl methyl sites for hydroxylation is 2. The molecule has 1 aromatic carbocycles. The summed E-state index contributed by atoms with van der Waals surface area (Å²) >= 11 is -1.30. The molecule has 0 fully saturated rings. The molecule has 0 spiro atoms. The van der Waals surface area contributed by atoms with Crippen LogP contribution in [0.5, 0.6) is 0 Å². The Morgan fingerprint density at radius 2 is 1.88 bits per heavy atom. The van der Waals surface area contributed by atoms with Crippen molar-refractivity contribution in [3.8, 4) is 0 Å². The normalized spacial score (nSPS) is 14.0. The van der Waals surface area contributed by atoms with Gasteiger partial charge in [0.2, 0.25) is 0 Å². The number of hydrogen-bond donors (Lipinski definition) is 0. The van der Waals surface area contributed by atoms with Crippen LogP contribution in [-0.2, 0) is 27.3 Å². The summed E-state index contributed by atoms with van der Waals surface area (Å²) in [4.78, 5) is 11.9. The van der Waals surface area contributed by atoms with E-state index in [-0.39, 0.29) is 5.97 Å². The maximum atomic E-state index is 12.1. The molecule has 4 nitrogen and oxygen atoms in total. The molecule has 0 aliphatic carbocycles. The van der Waals surface area contributed by atoms with Crippen molar-refractivity contribution in [2.45, 2.75) is 71.7 Å². The number of carbonyl (C=O) groups is 1. The van der Waals surface area contributed by atoms with Gasteiger partial charge in [0.05, 0.1) is 6.21 Å². The van der Waals surface area contributed by atoms with Crippen LogP contribution < -0.4 is 0 Å². The van der Waals surface area contributed by atoms with Gasteiger partial charge in [0.25, 0.3) is 0 Å². The second-order valence-corrected chi connectivity index (χ2v) is 9.76. The summed E-state index contributed by atoms with van der Waals surface area (Å²) in [5.74, 6) is -0.217. The minimum absolute atomic E-state index is 0.217. The van der Waals surface area contributed by atoms with Gasteiger partial charge in [0.1, 0.15) is 21.7 Å². The SMILES string of the molecule is Cc1cccc(CCC(=O)OC(C)(C)C)c1C=N[S+]([O-])C(C)(C)C. The molecule has 134 valence electrons. The molecule has 1 rings (SSSR count). The molecular formula is C19H29NO3S. The van der Waals surface area contributed by atoms with Gasteiger partial charge in [-0.1, -0.05) is 22.6 Å². The molecule has 1 unspecified atom stereocenters.